The smallest absolute Gasteiger partial charge is 0.407 e. The fourth-order valence-electron chi connectivity index (χ4n) is 1.09. The van der Waals surface area contributed by atoms with Gasteiger partial charge in [0.1, 0.15) is 0 Å². The van der Waals surface area contributed by atoms with Crippen molar-refractivity contribution in [3.63, 3.8) is 0 Å². The van der Waals surface area contributed by atoms with Crippen molar-refractivity contribution in [2.45, 2.75) is 19.3 Å². The van der Waals surface area contributed by atoms with E-state index in [0.717, 1.165) is 25.9 Å². The molecule has 1 aliphatic rings. The van der Waals surface area contributed by atoms with Gasteiger partial charge >= 0.3 is 6.09 Å². The van der Waals surface area contributed by atoms with Crippen molar-refractivity contribution in [1.29, 1.82) is 0 Å². The van der Waals surface area contributed by atoms with E-state index < -0.39 is 6.09 Å². The first kappa shape index (κ1) is 9.80. The van der Waals surface area contributed by atoms with Gasteiger partial charge in [-0.2, -0.15) is 0 Å². The van der Waals surface area contributed by atoms with Crippen molar-refractivity contribution in [2.75, 3.05) is 13.1 Å². The van der Waals surface area contributed by atoms with Crippen LogP contribution in [-0.4, -0.2) is 29.2 Å². The molecule has 0 radical (unpaired) electrons. The Morgan fingerprint density at radius 2 is 1.70 bits per heavy atom. The maximum atomic E-state index is 10.3. The maximum Gasteiger partial charge on any atom is 0.407 e. The van der Waals surface area contributed by atoms with E-state index in [1.807, 2.05) is 0 Å². The quantitative estimate of drug-likeness (QED) is 0.609. The maximum absolute atomic E-state index is 10.3. The molecule has 0 aliphatic carbocycles. The first-order valence-corrected chi connectivity index (χ1v) is 3.28. The van der Waals surface area contributed by atoms with E-state index in [-0.39, 0.29) is 17.4 Å². The Morgan fingerprint density at radius 1 is 1.20 bits per heavy atom. The minimum Gasteiger partial charge on any atom is -0.465 e. The zero-order chi connectivity index (χ0) is 6.69. The third-order valence-corrected chi connectivity index (χ3v) is 1.63. The molecule has 1 rings (SSSR count). The number of carbonyl (C=O) groups is 1. The van der Waals surface area contributed by atoms with E-state index in [9.17, 15) is 4.79 Å². The predicted octanol–water partition coefficient (Wildman–Crippen LogP) is 1.15. The first-order valence-electron chi connectivity index (χ1n) is 3.28. The van der Waals surface area contributed by atoms with Crippen LogP contribution in [0, 0.1) is 0 Å². The molecule has 0 saturated carbocycles. The molecular formula is C6H11CrNO2. The Bertz CT molecular complexity index is 112. The minimum atomic E-state index is -0.769. The molecule has 58 valence electrons. The number of nitrogens with zero attached hydrogens (tertiary/aromatic N) is 1. The molecule has 0 aromatic carbocycles. The summed E-state index contributed by atoms with van der Waals surface area (Å²) in [6, 6.07) is 0. The summed E-state index contributed by atoms with van der Waals surface area (Å²) in [5.41, 5.74) is 0. The molecule has 0 atom stereocenters. The second kappa shape index (κ2) is 4.59. The summed E-state index contributed by atoms with van der Waals surface area (Å²) >= 11 is 0. The molecular weight excluding hydrogens is 170 g/mol. The fraction of sp³-hybridized carbons (Fsp3) is 0.833. The van der Waals surface area contributed by atoms with Crippen LogP contribution in [0.3, 0.4) is 0 Å². The number of likely N-dealkylation sites (tertiary alicyclic amines) is 1. The Kier molecular flexibility index (Phi) is 4.50. The van der Waals surface area contributed by atoms with Gasteiger partial charge in [-0.15, -0.1) is 0 Å². The number of rotatable bonds is 0. The van der Waals surface area contributed by atoms with Gasteiger partial charge in [-0.3, -0.25) is 0 Å². The molecule has 0 spiro atoms. The fourth-order valence-corrected chi connectivity index (χ4v) is 1.09. The molecule has 1 aliphatic heterocycles. The van der Waals surface area contributed by atoms with Crippen LogP contribution in [0.1, 0.15) is 19.3 Å². The normalized spacial score (nSPS) is 17.8. The van der Waals surface area contributed by atoms with Gasteiger partial charge in [0.15, 0.2) is 0 Å². The number of carboxylic acid groups (broad SMARTS) is 1. The third-order valence-electron chi connectivity index (χ3n) is 1.63. The topological polar surface area (TPSA) is 40.5 Å². The summed E-state index contributed by atoms with van der Waals surface area (Å²) in [7, 11) is 0. The van der Waals surface area contributed by atoms with Crippen LogP contribution in [0.25, 0.3) is 0 Å². The van der Waals surface area contributed by atoms with Gasteiger partial charge in [0.25, 0.3) is 0 Å². The van der Waals surface area contributed by atoms with Crippen LogP contribution < -0.4 is 0 Å². The summed E-state index contributed by atoms with van der Waals surface area (Å²) in [5.74, 6) is 0. The zero-order valence-corrected chi connectivity index (χ0v) is 7.02. The van der Waals surface area contributed by atoms with Crippen molar-refractivity contribution in [1.82, 2.24) is 4.90 Å². The van der Waals surface area contributed by atoms with E-state index in [1.54, 1.807) is 0 Å². The largest absolute Gasteiger partial charge is 0.465 e. The number of piperidine rings is 1. The van der Waals surface area contributed by atoms with Crippen molar-refractivity contribution >= 4 is 6.09 Å². The monoisotopic (exact) mass is 181 g/mol. The second-order valence-electron chi connectivity index (χ2n) is 2.33. The van der Waals surface area contributed by atoms with Crippen LogP contribution in [0.5, 0.6) is 0 Å². The van der Waals surface area contributed by atoms with Gasteiger partial charge in [-0.05, 0) is 19.3 Å². The third kappa shape index (κ3) is 2.59. The van der Waals surface area contributed by atoms with Gasteiger partial charge < -0.3 is 10.0 Å². The molecule has 0 bridgehead atoms. The SMILES string of the molecule is O=C(O)N1CCCCC1.[Cr]. The van der Waals surface area contributed by atoms with Crippen molar-refractivity contribution < 1.29 is 27.3 Å². The summed E-state index contributed by atoms with van der Waals surface area (Å²) in [5, 5.41) is 8.46. The van der Waals surface area contributed by atoms with E-state index in [4.69, 9.17) is 5.11 Å². The van der Waals surface area contributed by atoms with E-state index in [2.05, 4.69) is 0 Å². The van der Waals surface area contributed by atoms with Crippen molar-refractivity contribution in [3.8, 4) is 0 Å². The van der Waals surface area contributed by atoms with Gasteiger partial charge in [0, 0.05) is 30.5 Å². The molecule has 10 heavy (non-hydrogen) atoms. The first-order chi connectivity index (χ1) is 4.30. The van der Waals surface area contributed by atoms with Gasteiger partial charge in [-0.1, -0.05) is 0 Å². The van der Waals surface area contributed by atoms with Crippen LogP contribution in [0.2, 0.25) is 0 Å². The summed E-state index contributed by atoms with van der Waals surface area (Å²) in [6.07, 6.45) is 2.48. The Morgan fingerprint density at radius 3 is 2.00 bits per heavy atom. The molecule has 1 N–H and O–H groups in total. The van der Waals surface area contributed by atoms with E-state index in [1.165, 1.54) is 11.3 Å². The van der Waals surface area contributed by atoms with E-state index >= 15 is 0 Å². The Hall–Kier alpha value is -0.198. The van der Waals surface area contributed by atoms with Crippen molar-refractivity contribution in [3.05, 3.63) is 0 Å². The minimum absolute atomic E-state index is 0. The molecule has 0 aromatic rings. The van der Waals surface area contributed by atoms with Gasteiger partial charge in [-0.25, -0.2) is 4.79 Å². The molecule has 0 aromatic heterocycles. The Balaban J connectivity index is 0.000000810. The van der Waals surface area contributed by atoms with Gasteiger partial charge in [0.05, 0.1) is 0 Å². The Labute approximate surface area is 71.1 Å². The summed E-state index contributed by atoms with van der Waals surface area (Å²) < 4.78 is 0. The zero-order valence-electron chi connectivity index (χ0n) is 5.75. The standard InChI is InChI=1S/C6H11NO2.Cr/c8-6(9)7-4-2-1-3-5-7;/h1-5H2,(H,8,9);. The van der Waals surface area contributed by atoms with E-state index in [0.29, 0.717) is 0 Å². The van der Waals surface area contributed by atoms with Crippen LogP contribution in [-0.2, 0) is 17.4 Å². The number of hydrogen-bond acceptors (Lipinski definition) is 1. The average Bonchev–Trinajstić information content (AvgIpc) is 1.90. The summed E-state index contributed by atoms with van der Waals surface area (Å²) in [6.45, 7) is 1.46. The van der Waals surface area contributed by atoms with Gasteiger partial charge in [0.2, 0.25) is 0 Å². The number of hydrogen-bond donors (Lipinski definition) is 1. The molecule has 3 nitrogen and oxygen atoms in total. The van der Waals surface area contributed by atoms with Crippen molar-refractivity contribution in [2.24, 2.45) is 0 Å². The number of amides is 1. The summed E-state index contributed by atoms with van der Waals surface area (Å²) in [4.78, 5) is 11.8. The molecule has 4 heteroatoms. The van der Waals surface area contributed by atoms with Crippen LogP contribution in [0.15, 0.2) is 0 Å². The second-order valence-corrected chi connectivity index (χ2v) is 2.33. The molecule has 1 fully saturated rings. The predicted molar refractivity (Wildman–Crippen MR) is 33.4 cm³/mol. The molecule has 1 saturated heterocycles. The van der Waals surface area contributed by atoms with Crippen LogP contribution >= 0.6 is 0 Å². The molecule has 0 unspecified atom stereocenters. The average molecular weight is 181 g/mol. The molecule has 1 heterocycles. The molecule has 1 amide bonds. The van der Waals surface area contributed by atoms with Crippen LogP contribution in [0.4, 0.5) is 4.79 Å².